The monoisotopic (exact) mass is 279 g/mol. The molecule has 2 N–H and O–H groups in total. The van der Waals surface area contributed by atoms with Crippen LogP contribution < -0.4 is 10.6 Å². The van der Waals surface area contributed by atoms with Gasteiger partial charge in [-0.25, -0.2) is 4.98 Å². The van der Waals surface area contributed by atoms with E-state index in [1.807, 2.05) is 6.20 Å². The van der Waals surface area contributed by atoms with Gasteiger partial charge in [-0.15, -0.1) is 11.3 Å². The van der Waals surface area contributed by atoms with Gasteiger partial charge < -0.3 is 10.6 Å². The minimum atomic E-state index is 0.667. The van der Waals surface area contributed by atoms with Gasteiger partial charge in [0.15, 0.2) is 0 Å². The molecule has 2 aliphatic rings. The summed E-state index contributed by atoms with van der Waals surface area (Å²) in [7, 11) is 0. The molecule has 3 unspecified atom stereocenters. The van der Waals surface area contributed by atoms with Crippen molar-refractivity contribution in [2.24, 2.45) is 5.92 Å². The number of hydrogen-bond donors (Lipinski definition) is 2. The van der Waals surface area contributed by atoms with E-state index in [-0.39, 0.29) is 0 Å². The molecule has 1 aliphatic heterocycles. The van der Waals surface area contributed by atoms with Crippen LogP contribution in [0.4, 0.5) is 0 Å². The Bertz CT molecular complexity index is 404. The van der Waals surface area contributed by atoms with Crippen LogP contribution in [0, 0.1) is 12.8 Å². The first-order chi connectivity index (χ1) is 9.31. The van der Waals surface area contributed by atoms with Crippen LogP contribution in [0.1, 0.15) is 48.4 Å². The third-order valence-corrected chi connectivity index (χ3v) is 5.49. The second-order valence-electron chi connectivity index (χ2n) is 6.09. The molecule has 0 aromatic carbocycles. The summed E-state index contributed by atoms with van der Waals surface area (Å²) in [6, 6.07) is 1.47. The van der Waals surface area contributed by atoms with Gasteiger partial charge in [-0.2, -0.15) is 0 Å². The summed E-state index contributed by atoms with van der Waals surface area (Å²) >= 11 is 1.80. The zero-order valence-corrected chi connectivity index (χ0v) is 12.6. The number of aryl methyl sites for hydroxylation is 1. The molecule has 1 aromatic rings. The second kappa shape index (κ2) is 6.33. The summed E-state index contributed by atoms with van der Waals surface area (Å²) in [5.74, 6) is 0.964. The van der Waals surface area contributed by atoms with Gasteiger partial charge in [-0.3, -0.25) is 0 Å². The van der Waals surface area contributed by atoms with E-state index in [0.29, 0.717) is 6.04 Å². The predicted molar refractivity (Wildman–Crippen MR) is 80.5 cm³/mol. The lowest BCUT2D eigenvalue weighted by atomic mass is 9.78. The lowest BCUT2D eigenvalue weighted by Gasteiger charge is -2.40. The molecule has 1 saturated carbocycles. The molecule has 106 valence electrons. The summed E-state index contributed by atoms with van der Waals surface area (Å²) in [6.45, 7) is 4.12. The summed E-state index contributed by atoms with van der Waals surface area (Å²) in [4.78, 5) is 5.70. The van der Waals surface area contributed by atoms with Gasteiger partial charge in [0.25, 0.3) is 0 Å². The largest absolute Gasteiger partial charge is 0.310 e. The lowest BCUT2D eigenvalue weighted by Crippen LogP contribution is -2.52. The molecule has 1 aromatic heterocycles. The number of thiazole rings is 1. The van der Waals surface area contributed by atoms with E-state index in [4.69, 9.17) is 0 Å². The van der Waals surface area contributed by atoms with Crippen LogP contribution in [0.3, 0.4) is 0 Å². The van der Waals surface area contributed by atoms with Crippen LogP contribution in [-0.4, -0.2) is 23.6 Å². The summed E-state index contributed by atoms with van der Waals surface area (Å²) < 4.78 is 0. The highest BCUT2D eigenvalue weighted by Crippen LogP contribution is 2.32. The van der Waals surface area contributed by atoms with E-state index >= 15 is 0 Å². The Morgan fingerprint density at radius 3 is 3.05 bits per heavy atom. The Labute approximate surface area is 120 Å². The molecular weight excluding hydrogens is 254 g/mol. The highest BCUT2D eigenvalue weighted by molar-refractivity contribution is 7.11. The molecule has 0 bridgehead atoms. The molecule has 0 amide bonds. The smallest absolute Gasteiger partial charge is 0.107 e. The minimum Gasteiger partial charge on any atom is -0.310 e. The standard InChI is InChI=1S/C15H25N3S/c1-11-8-17-15(19-11)10-16-9-13-7-6-12-4-2-3-5-14(12)18-13/h8,12-14,16,18H,2-7,9-10H2,1H3. The fraction of sp³-hybridized carbons (Fsp3) is 0.800. The van der Waals surface area contributed by atoms with Crippen LogP contribution in [0.5, 0.6) is 0 Å². The molecule has 0 radical (unpaired) electrons. The van der Waals surface area contributed by atoms with Crippen molar-refractivity contribution < 1.29 is 0 Å². The van der Waals surface area contributed by atoms with E-state index in [2.05, 4.69) is 22.5 Å². The fourth-order valence-electron chi connectivity index (χ4n) is 3.57. The van der Waals surface area contributed by atoms with Gasteiger partial charge in [0.2, 0.25) is 0 Å². The predicted octanol–water partition coefficient (Wildman–Crippen LogP) is 2.85. The Morgan fingerprint density at radius 1 is 1.32 bits per heavy atom. The molecule has 2 fully saturated rings. The van der Waals surface area contributed by atoms with E-state index in [9.17, 15) is 0 Å². The van der Waals surface area contributed by atoms with Crippen LogP contribution in [0.25, 0.3) is 0 Å². The molecule has 3 rings (SSSR count). The van der Waals surface area contributed by atoms with Crippen molar-refractivity contribution in [3.63, 3.8) is 0 Å². The van der Waals surface area contributed by atoms with Crippen LogP contribution in [-0.2, 0) is 6.54 Å². The van der Waals surface area contributed by atoms with Crippen LogP contribution in [0.2, 0.25) is 0 Å². The first-order valence-electron chi connectivity index (χ1n) is 7.69. The van der Waals surface area contributed by atoms with Crippen molar-refractivity contribution in [1.82, 2.24) is 15.6 Å². The molecule has 4 heteroatoms. The van der Waals surface area contributed by atoms with Crippen molar-refractivity contribution in [3.05, 3.63) is 16.1 Å². The molecule has 1 saturated heterocycles. The number of piperidine rings is 1. The van der Waals surface area contributed by atoms with E-state index in [1.165, 1.54) is 48.4 Å². The Hall–Kier alpha value is -0.450. The second-order valence-corrected chi connectivity index (χ2v) is 7.41. The molecular formula is C15H25N3S. The highest BCUT2D eigenvalue weighted by Gasteiger charge is 2.31. The molecule has 19 heavy (non-hydrogen) atoms. The van der Waals surface area contributed by atoms with E-state index in [0.717, 1.165) is 25.0 Å². The molecule has 0 spiro atoms. The summed E-state index contributed by atoms with van der Waals surface area (Å²) in [5.41, 5.74) is 0. The maximum Gasteiger partial charge on any atom is 0.107 e. The number of nitrogens with zero attached hydrogens (tertiary/aromatic N) is 1. The molecule has 3 atom stereocenters. The maximum atomic E-state index is 4.40. The number of hydrogen-bond acceptors (Lipinski definition) is 4. The normalized spacial score (nSPS) is 31.1. The Morgan fingerprint density at radius 2 is 2.21 bits per heavy atom. The van der Waals surface area contributed by atoms with Crippen LogP contribution >= 0.6 is 11.3 Å². The summed E-state index contributed by atoms with van der Waals surface area (Å²) in [5, 5.41) is 8.64. The van der Waals surface area contributed by atoms with Gasteiger partial charge in [0.1, 0.15) is 5.01 Å². The minimum absolute atomic E-state index is 0.667. The number of rotatable bonds is 4. The van der Waals surface area contributed by atoms with Gasteiger partial charge in [-0.05, 0) is 38.5 Å². The van der Waals surface area contributed by atoms with Crippen molar-refractivity contribution in [1.29, 1.82) is 0 Å². The first kappa shape index (κ1) is 13.5. The van der Waals surface area contributed by atoms with E-state index in [1.54, 1.807) is 11.3 Å². The van der Waals surface area contributed by atoms with Crippen molar-refractivity contribution in [3.8, 4) is 0 Å². The van der Waals surface area contributed by atoms with E-state index < -0.39 is 0 Å². The summed E-state index contributed by atoms with van der Waals surface area (Å²) in [6.07, 6.45) is 10.5. The SMILES string of the molecule is Cc1cnc(CNCC2CCC3CCCCC3N2)s1. The average molecular weight is 279 g/mol. The zero-order chi connectivity index (χ0) is 13.1. The van der Waals surface area contributed by atoms with Crippen molar-refractivity contribution in [2.75, 3.05) is 6.54 Å². The molecule has 3 nitrogen and oxygen atoms in total. The van der Waals surface area contributed by atoms with Gasteiger partial charge >= 0.3 is 0 Å². The van der Waals surface area contributed by atoms with Gasteiger partial charge in [0, 0.05) is 36.2 Å². The first-order valence-corrected chi connectivity index (χ1v) is 8.51. The van der Waals surface area contributed by atoms with Gasteiger partial charge in [-0.1, -0.05) is 12.8 Å². The zero-order valence-electron chi connectivity index (χ0n) is 11.8. The number of nitrogens with one attached hydrogen (secondary N) is 2. The molecule has 2 heterocycles. The topological polar surface area (TPSA) is 37.0 Å². The third-order valence-electron chi connectivity index (χ3n) is 4.58. The maximum absolute atomic E-state index is 4.40. The van der Waals surface area contributed by atoms with Crippen molar-refractivity contribution in [2.45, 2.75) is 64.1 Å². The Kier molecular flexibility index (Phi) is 4.51. The molecule has 1 aliphatic carbocycles. The quantitative estimate of drug-likeness (QED) is 0.890. The van der Waals surface area contributed by atoms with Crippen molar-refractivity contribution >= 4 is 11.3 Å². The average Bonchev–Trinajstić information content (AvgIpc) is 2.84. The third kappa shape index (κ3) is 3.56. The Balaban J connectivity index is 1.41. The number of fused-ring (bicyclic) bond motifs is 1. The fourth-order valence-corrected chi connectivity index (χ4v) is 4.33. The number of aromatic nitrogens is 1. The van der Waals surface area contributed by atoms with Gasteiger partial charge in [0.05, 0.1) is 0 Å². The van der Waals surface area contributed by atoms with Crippen LogP contribution in [0.15, 0.2) is 6.20 Å². The highest BCUT2D eigenvalue weighted by atomic mass is 32.1. The lowest BCUT2D eigenvalue weighted by molar-refractivity contribution is 0.174.